The predicted molar refractivity (Wildman–Crippen MR) is 109 cm³/mol. The molecule has 146 valence electrons. The summed E-state index contributed by atoms with van der Waals surface area (Å²) in [6.07, 6.45) is 1.63. The fourth-order valence-electron chi connectivity index (χ4n) is 2.98. The van der Waals surface area contributed by atoms with Gasteiger partial charge in [-0.1, -0.05) is 35.5 Å². The van der Waals surface area contributed by atoms with Crippen molar-refractivity contribution in [3.05, 3.63) is 64.0 Å². The Bertz CT molecular complexity index is 1020. The van der Waals surface area contributed by atoms with Crippen LogP contribution in [-0.2, 0) is 16.6 Å². The van der Waals surface area contributed by atoms with Crippen molar-refractivity contribution < 1.29 is 12.9 Å². The number of aromatic nitrogens is 2. The van der Waals surface area contributed by atoms with Crippen LogP contribution in [0.2, 0.25) is 0 Å². The molecule has 0 saturated carbocycles. The average Bonchev–Trinajstić information content (AvgIpc) is 3.40. The highest BCUT2D eigenvalue weighted by molar-refractivity contribution is 7.92. The van der Waals surface area contributed by atoms with Crippen molar-refractivity contribution in [3.63, 3.8) is 0 Å². The standard InChI is InChI=1S/C19H20N4O3S2/c24-28(25,13-7-16-4-2-1-3-5-16)23-10-8-22(9-11-23)14-18-20-19(21-26-18)17-6-12-27-15-17/h1-7,12-13,15H,8-11,14H2. The lowest BCUT2D eigenvalue weighted by Crippen LogP contribution is -2.47. The van der Waals surface area contributed by atoms with E-state index >= 15 is 0 Å². The third kappa shape index (κ3) is 4.56. The van der Waals surface area contributed by atoms with Gasteiger partial charge in [0.2, 0.25) is 21.7 Å². The molecule has 1 aliphatic rings. The van der Waals surface area contributed by atoms with Gasteiger partial charge in [0, 0.05) is 42.5 Å². The number of nitrogens with zero attached hydrogens (tertiary/aromatic N) is 4. The normalized spacial score (nSPS) is 16.7. The van der Waals surface area contributed by atoms with Gasteiger partial charge in [0.1, 0.15) is 0 Å². The second kappa shape index (κ2) is 8.36. The van der Waals surface area contributed by atoms with Crippen molar-refractivity contribution >= 4 is 27.4 Å². The summed E-state index contributed by atoms with van der Waals surface area (Å²) in [5, 5.41) is 9.23. The smallest absolute Gasteiger partial charge is 0.241 e. The van der Waals surface area contributed by atoms with Gasteiger partial charge < -0.3 is 4.52 Å². The number of piperazine rings is 1. The molecule has 0 unspecified atom stereocenters. The van der Waals surface area contributed by atoms with E-state index in [0.29, 0.717) is 44.4 Å². The summed E-state index contributed by atoms with van der Waals surface area (Å²) in [6, 6.07) is 11.4. The first-order valence-electron chi connectivity index (χ1n) is 8.91. The number of hydrogen-bond acceptors (Lipinski definition) is 7. The van der Waals surface area contributed by atoms with E-state index in [1.165, 1.54) is 9.71 Å². The van der Waals surface area contributed by atoms with Crippen LogP contribution in [0.1, 0.15) is 11.5 Å². The summed E-state index contributed by atoms with van der Waals surface area (Å²) in [5.41, 5.74) is 1.81. The molecule has 7 nitrogen and oxygen atoms in total. The SMILES string of the molecule is O=S(=O)(C=Cc1ccccc1)N1CCN(Cc2nc(-c3ccsc3)no2)CC1. The summed E-state index contributed by atoms with van der Waals surface area (Å²) in [4.78, 5) is 6.54. The van der Waals surface area contributed by atoms with Crippen LogP contribution in [0.5, 0.6) is 0 Å². The zero-order chi connectivity index (χ0) is 19.4. The summed E-state index contributed by atoms with van der Waals surface area (Å²) in [7, 11) is -3.43. The summed E-state index contributed by atoms with van der Waals surface area (Å²) < 4.78 is 31.9. The Balaban J connectivity index is 1.32. The lowest BCUT2D eigenvalue weighted by molar-refractivity contribution is 0.164. The molecule has 0 aliphatic carbocycles. The van der Waals surface area contributed by atoms with Crippen molar-refractivity contribution in [1.82, 2.24) is 19.3 Å². The maximum Gasteiger partial charge on any atom is 0.241 e. The Kier molecular flexibility index (Phi) is 5.67. The van der Waals surface area contributed by atoms with Crippen molar-refractivity contribution in [2.45, 2.75) is 6.54 Å². The van der Waals surface area contributed by atoms with E-state index in [4.69, 9.17) is 4.52 Å². The van der Waals surface area contributed by atoms with Crippen LogP contribution in [0.3, 0.4) is 0 Å². The fourth-order valence-corrected chi connectivity index (χ4v) is 4.78. The van der Waals surface area contributed by atoms with Crippen LogP contribution >= 0.6 is 11.3 Å². The second-order valence-corrected chi connectivity index (χ2v) is 9.06. The minimum atomic E-state index is -3.43. The molecule has 2 aromatic heterocycles. The number of benzene rings is 1. The van der Waals surface area contributed by atoms with E-state index in [1.54, 1.807) is 17.4 Å². The molecule has 9 heteroatoms. The van der Waals surface area contributed by atoms with Gasteiger partial charge >= 0.3 is 0 Å². The Labute approximate surface area is 168 Å². The molecule has 0 atom stereocenters. The molecule has 28 heavy (non-hydrogen) atoms. The van der Waals surface area contributed by atoms with Crippen LogP contribution in [0.15, 0.2) is 57.1 Å². The number of rotatable bonds is 6. The molecule has 1 saturated heterocycles. The largest absolute Gasteiger partial charge is 0.338 e. The first kappa shape index (κ1) is 19.0. The van der Waals surface area contributed by atoms with Crippen molar-refractivity contribution in [2.24, 2.45) is 0 Å². The zero-order valence-electron chi connectivity index (χ0n) is 15.1. The molecule has 0 spiro atoms. The number of sulfonamides is 1. The molecule has 1 fully saturated rings. The van der Waals surface area contributed by atoms with Crippen LogP contribution < -0.4 is 0 Å². The molecule has 0 N–H and O–H groups in total. The number of thiophene rings is 1. The van der Waals surface area contributed by atoms with Crippen molar-refractivity contribution in [2.75, 3.05) is 26.2 Å². The second-order valence-electron chi connectivity index (χ2n) is 6.46. The first-order valence-corrected chi connectivity index (χ1v) is 11.4. The maximum atomic E-state index is 12.5. The van der Waals surface area contributed by atoms with Gasteiger partial charge in [0.25, 0.3) is 0 Å². The van der Waals surface area contributed by atoms with Gasteiger partial charge in [-0.05, 0) is 23.1 Å². The van der Waals surface area contributed by atoms with E-state index in [9.17, 15) is 8.42 Å². The summed E-state index contributed by atoms with van der Waals surface area (Å²) in [6.45, 7) is 2.63. The van der Waals surface area contributed by atoms with E-state index in [2.05, 4.69) is 15.0 Å². The van der Waals surface area contributed by atoms with Crippen molar-refractivity contribution in [3.8, 4) is 11.4 Å². The molecular weight excluding hydrogens is 396 g/mol. The van der Waals surface area contributed by atoms with Gasteiger partial charge in [-0.25, -0.2) is 8.42 Å². The molecule has 0 radical (unpaired) electrons. The van der Waals surface area contributed by atoms with E-state index in [0.717, 1.165) is 11.1 Å². The van der Waals surface area contributed by atoms with Crippen LogP contribution in [0.4, 0.5) is 0 Å². The molecule has 4 rings (SSSR count). The molecule has 0 amide bonds. The highest BCUT2D eigenvalue weighted by Gasteiger charge is 2.26. The highest BCUT2D eigenvalue weighted by atomic mass is 32.2. The molecule has 1 aromatic carbocycles. The molecule has 3 heterocycles. The van der Waals surface area contributed by atoms with E-state index < -0.39 is 10.0 Å². The highest BCUT2D eigenvalue weighted by Crippen LogP contribution is 2.19. The van der Waals surface area contributed by atoms with Crippen LogP contribution in [0, 0.1) is 0 Å². The van der Waals surface area contributed by atoms with Crippen LogP contribution in [0.25, 0.3) is 17.5 Å². The molecular formula is C19H20N4O3S2. The first-order chi connectivity index (χ1) is 13.6. The van der Waals surface area contributed by atoms with Gasteiger partial charge in [-0.15, -0.1) is 0 Å². The van der Waals surface area contributed by atoms with Gasteiger partial charge in [0.15, 0.2) is 0 Å². The zero-order valence-corrected chi connectivity index (χ0v) is 16.8. The predicted octanol–water partition coefficient (Wildman–Crippen LogP) is 2.92. The van der Waals surface area contributed by atoms with Crippen molar-refractivity contribution in [1.29, 1.82) is 0 Å². The van der Waals surface area contributed by atoms with E-state index in [1.807, 2.05) is 47.2 Å². The third-order valence-electron chi connectivity index (χ3n) is 4.53. The lowest BCUT2D eigenvalue weighted by atomic mass is 10.2. The topological polar surface area (TPSA) is 79.5 Å². The Morgan fingerprint density at radius 3 is 2.61 bits per heavy atom. The summed E-state index contributed by atoms with van der Waals surface area (Å²) in [5.74, 6) is 1.13. The summed E-state index contributed by atoms with van der Waals surface area (Å²) >= 11 is 1.58. The molecule has 3 aromatic rings. The fraction of sp³-hybridized carbons (Fsp3) is 0.263. The Morgan fingerprint density at radius 2 is 1.89 bits per heavy atom. The van der Waals surface area contributed by atoms with Gasteiger partial charge in [0.05, 0.1) is 6.54 Å². The maximum absolute atomic E-state index is 12.5. The van der Waals surface area contributed by atoms with Crippen LogP contribution in [-0.4, -0.2) is 53.9 Å². The number of hydrogen-bond donors (Lipinski definition) is 0. The average molecular weight is 417 g/mol. The monoisotopic (exact) mass is 416 g/mol. The third-order valence-corrected chi connectivity index (χ3v) is 6.78. The minimum Gasteiger partial charge on any atom is -0.338 e. The molecule has 1 aliphatic heterocycles. The van der Waals surface area contributed by atoms with E-state index in [-0.39, 0.29) is 0 Å². The Hall–Kier alpha value is -2.33. The lowest BCUT2D eigenvalue weighted by Gasteiger charge is -2.32. The Morgan fingerprint density at radius 1 is 1.11 bits per heavy atom. The quantitative estimate of drug-likeness (QED) is 0.615. The van der Waals surface area contributed by atoms with Gasteiger partial charge in [-0.3, -0.25) is 4.90 Å². The molecule has 0 bridgehead atoms. The van der Waals surface area contributed by atoms with Gasteiger partial charge in [-0.2, -0.15) is 20.6 Å². The minimum absolute atomic E-state index is 0.437.